The Morgan fingerprint density at radius 1 is 1.22 bits per heavy atom. The van der Waals surface area contributed by atoms with Gasteiger partial charge in [0, 0.05) is 18.0 Å². The molecule has 2 atom stereocenters. The highest BCUT2D eigenvalue weighted by atomic mass is 32.2. The molecule has 1 amide bonds. The van der Waals surface area contributed by atoms with Gasteiger partial charge in [0.2, 0.25) is 5.91 Å². The molecule has 1 aliphatic heterocycles. The molecule has 7 heteroatoms. The predicted molar refractivity (Wildman–Crippen MR) is 109 cm³/mol. The molecule has 1 aliphatic rings. The summed E-state index contributed by atoms with van der Waals surface area (Å²) in [7, 11) is 0. The van der Waals surface area contributed by atoms with Gasteiger partial charge in [0.1, 0.15) is 6.33 Å². The number of benzene rings is 1. The van der Waals surface area contributed by atoms with Crippen LogP contribution < -0.4 is 0 Å². The number of carbonyl (C=O) groups excluding carboxylic acids is 1. The SMILES string of the molecule is C[C@H](c1ccccc1)n1cnnc1S[C@H](C)C(=O)N1CCc2sccc2C1. The van der Waals surface area contributed by atoms with Crippen LogP contribution in [0, 0.1) is 0 Å². The molecule has 0 N–H and O–H groups in total. The van der Waals surface area contributed by atoms with Gasteiger partial charge in [-0.25, -0.2) is 0 Å². The van der Waals surface area contributed by atoms with Crippen LogP contribution in [0.4, 0.5) is 0 Å². The molecule has 0 spiro atoms. The zero-order valence-electron chi connectivity index (χ0n) is 15.4. The monoisotopic (exact) mass is 398 g/mol. The van der Waals surface area contributed by atoms with E-state index in [0.717, 1.165) is 24.7 Å². The second-order valence-corrected chi connectivity index (χ2v) is 9.05. The molecule has 2 aromatic heterocycles. The zero-order valence-corrected chi connectivity index (χ0v) is 17.0. The Morgan fingerprint density at radius 3 is 2.85 bits per heavy atom. The average Bonchev–Trinajstić information content (AvgIpc) is 3.36. The fourth-order valence-corrected chi connectivity index (χ4v) is 5.25. The van der Waals surface area contributed by atoms with Crippen molar-refractivity contribution in [3.8, 4) is 0 Å². The molecule has 3 aromatic rings. The van der Waals surface area contributed by atoms with Gasteiger partial charge < -0.3 is 9.47 Å². The van der Waals surface area contributed by atoms with Crippen molar-refractivity contribution in [1.82, 2.24) is 19.7 Å². The van der Waals surface area contributed by atoms with E-state index in [2.05, 4.69) is 40.7 Å². The van der Waals surface area contributed by atoms with Crippen molar-refractivity contribution in [3.63, 3.8) is 0 Å². The second-order valence-electron chi connectivity index (χ2n) is 6.75. The largest absolute Gasteiger partial charge is 0.337 e. The van der Waals surface area contributed by atoms with Gasteiger partial charge in [0.15, 0.2) is 5.16 Å². The average molecular weight is 399 g/mol. The summed E-state index contributed by atoms with van der Waals surface area (Å²) in [4.78, 5) is 16.3. The zero-order chi connectivity index (χ0) is 18.8. The molecule has 0 fully saturated rings. The lowest BCUT2D eigenvalue weighted by atomic mass is 10.1. The predicted octanol–water partition coefficient (Wildman–Crippen LogP) is 4.01. The molecule has 0 aliphatic carbocycles. The number of aromatic nitrogens is 3. The van der Waals surface area contributed by atoms with Gasteiger partial charge >= 0.3 is 0 Å². The van der Waals surface area contributed by atoms with Gasteiger partial charge in [-0.1, -0.05) is 42.1 Å². The van der Waals surface area contributed by atoms with Crippen molar-refractivity contribution in [2.24, 2.45) is 0 Å². The number of hydrogen-bond acceptors (Lipinski definition) is 5. The number of thiophene rings is 1. The van der Waals surface area contributed by atoms with Crippen molar-refractivity contribution < 1.29 is 4.79 Å². The third-order valence-electron chi connectivity index (χ3n) is 4.99. The second kappa shape index (κ2) is 7.86. The summed E-state index contributed by atoms with van der Waals surface area (Å²) >= 11 is 3.28. The highest BCUT2D eigenvalue weighted by Gasteiger charge is 2.27. The van der Waals surface area contributed by atoms with Gasteiger partial charge in [0.25, 0.3) is 0 Å². The first-order chi connectivity index (χ1) is 13.1. The topological polar surface area (TPSA) is 51.0 Å². The third kappa shape index (κ3) is 3.80. The van der Waals surface area contributed by atoms with Crippen LogP contribution in [-0.2, 0) is 17.8 Å². The fraction of sp³-hybridized carbons (Fsp3) is 0.350. The molecule has 140 valence electrons. The maximum Gasteiger partial charge on any atom is 0.236 e. The summed E-state index contributed by atoms with van der Waals surface area (Å²) in [6.45, 7) is 5.60. The van der Waals surface area contributed by atoms with E-state index in [1.165, 1.54) is 27.8 Å². The molecule has 4 rings (SSSR count). The molecule has 5 nitrogen and oxygen atoms in total. The van der Waals surface area contributed by atoms with Crippen LogP contribution in [0.3, 0.4) is 0 Å². The van der Waals surface area contributed by atoms with Gasteiger partial charge in [-0.05, 0) is 42.8 Å². The Morgan fingerprint density at radius 2 is 2.04 bits per heavy atom. The first-order valence-corrected chi connectivity index (χ1v) is 10.8. The lowest BCUT2D eigenvalue weighted by molar-refractivity contribution is -0.131. The fourth-order valence-electron chi connectivity index (χ4n) is 3.38. The highest BCUT2D eigenvalue weighted by molar-refractivity contribution is 8.00. The number of amides is 1. The Hall–Kier alpha value is -2.12. The summed E-state index contributed by atoms with van der Waals surface area (Å²) in [5.41, 5.74) is 2.48. The van der Waals surface area contributed by atoms with Gasteiger partial charge in [-0.2, -0.15) is 0 Å². The van der Waals surface area contributed by atoms with Crippen molar-refractivity contribution in [2.75, 3.05) is 6.54 Å². The summed E-state index contributed by atoms with van der Waals surface area (Å²) < 4.78 is 2.04. The molecule has 1 aromatic carbocycles. The van der Waals surface area contributed by atoms with Crippen molar-refractivity contribution >= 4 is 29.0 Å². The summed E-state index contributed by atoms with van der Waals surface area (Å²) in [6, 6.07) is 12.5. The molecule has 0 bridgehead atoms. The number of fused-ring (bicyclic) bond motifs is 1. The maximum atomic E-state index is 13.0. The molecule has 0 saturated heterocycles. The lowest BCUT2D eigenvalue weighted by Crippen LogP contribution is -2.39. The minimum absolute atomic E-state index is 0.120. The molecule has 0 unspecified atom stereocenters. The molecule has 3 heterocycles. The number of carbonyl (C=O) groups is 1. The smallest absolute Gasteiger partial charge is 0.236 e. The van der Waals surface area contributed by atoms with Gasteiger partial charge in [-0.15, -0.1) is 21.5 Å². The number of thioether (sulfide) groups is 1. The minimum Gasteiger partial charge on any atom is -0.337 e. The van der Waals surface area contributed by atoms with Crippen LogP contribution in [0.25, 0.3) is 0 Å². The Balaban J connectivity index is 1.45. The molecular weight excluding hydrogens is 376 g/mol. The first kappa shape index (κ1) is 18.3. The van der Waals surface area contributed by atoms with Crippen LogP contribution >= 0.6 is 23.1 Å². The molecule has 27 heavy (non-hydrogen) atoms. The van der Waals surface area contributed by atoms with E-state index in [-0.39, 0.29) is 17.2 Å². The van der Waals surface area contributed by atoms with Crippen molar-refractivity contribution in [2.45, 2.75) is 43.3 Å². The minimum atomic E-state index is -0.198. The van der Waals surface area contributed by atoms with Crippen LogP contribution in [0.5, 0.6) is 0 Å². The Kier molecular flexibility index (Phi) is 5.31. The quantitative estimate of drug-likeness (QED) is 0.609. The van der Waals surface area contributed by atoms with E-state index in [1.54, 1.807) is 17.7 Å². The Labute approximate surface area is 167 Å². The normalized spacial score (nSPS) is 16.0. The van der Waals surface area contributed by atoms with E-state index in [4.69, 9.17) is 0 Å². The summed E-state index contributed by atoms with van der Waals surface area (Å²) in [5, 5.41) is 11.0. The van der Waals surface area contributed by atoms with Crippen LogP contribution in [0.2, 0.25) is 0 Å². The standard InChI is InChI=1S/C20H22N4OS2/c1-14(16-6-4-3-5-7-16)24-13-21-22-20(24)27-15(2)19(25)23-10-8-18-17(12-23)9-11-26-18/h3-7,9,11,13-15H,8,10,12H2,1-2H3/t14-,15-/m1/s1. The highest BCUT2D eigenvalue weighted by Crippen LogP contribution is 2.30. The molecular formula is C20H22N4OS2. The summed E-state index contributed by atoms with van der Waals surface area (Å²) in [5.74, 6) is 0.166. The van der Waals surface area contributed by atoms with Crippen LogP contribution in [0.1, 0.15) is 35.9 Å². The van der Waals surface area contributed by atoms with Crippen LogP contribution in [0.15, 0.2) is 53.3 Å². The number of hydrogen-bond donors (Lipinski definition) is 0. The first-order valence-electron chi connectivity index (χ1n) is 9.08. The van der Waals surface area contributed by atoms with Crippen LogP contribution in [-0.4, -0.2) is 37.4 Å². The Bertz CT molecular complexity index is 921. The van der Waals surface area contributed by atoms with E-state index in [1.807, 2.05) is 34.6 Å². The molecule has 0 radical (unpaired) electrons. The van der Waals surface area contributed by atoms with Gasteiger partial charge in [-0.3, -0.25) is 4.79 Å². The van der Waals surface area contributed by atoms with Crippen molar-refractivity contribution in [1.29, 1.82) is 0 Å². The third-order valence-corrected chi connectivity index (χ3v) is 7.07. The van der Waals surface area contributed by atoms with E-state index < -0.39 is 0 Å². The van der Waals surface area contributed by atoms with Crippen molar-refractivity contribution in [3.05, 3.63) is 64.1 Å². The van der Waals surface area contributed by atoms with E-state index in [0.29, 0.717) is 0 Å². The van der Waals surface area contributed by atoms with E-state index in [9.17, 15) is 4.79 Å². The van der Waals surface area contributed by atoms with E-state index >= 15 is 0 Å². The number of nitrogens with zero attached hydrogens (tertiary/aromatic N) is 4. The van der Waals surface area contributed by atoms with Gasteiger partial charge in [0.05, 0.1) is 11.3 Å². The molecule has 0 saturated carbocycles. The number of rotatable bonds is 5. The maximum absolute atomic E-state index is 13.0. The lowest BCUT2D eigenvalue weighted by Gasteiger charge is -2.29. The summed E-state index contributed by atoms with van der Waals surface area (Å²) in [6.07, 6.45) is 2.70.